The van der Waals surface area contributed by atoms with Crippen molar-refractivity contribution in [2.45, 2.75) is 20.3 Å². The fraction of sp³-hybridized carbons (Fsp3) is 0.364. The molecule has 0 spiro atoms. The van der Waals surface area contributed by atoms with Crippen molar-refractivity contribution in [2.75, 3.05) is 33.3 Å². The lowest BCUT2D eigenvalue weighted by Crippen LogP contribution is -2.30. The summed E-state index contributed by atoms with van der Waals surface area (Å²) >= 11 is 12.4. The molecule has 7 heteroatoms. The molecule has 0 unspecified atom stereocenters. The van der Waals surface area contributed by atoms with Crippen LogP contribution in [0.15, 0.2) is 36.4 Å². The summed E-state index contributed by atoms with van der Waals surface area (Å²) in [6.45, 7) is 7.65. The Morgan fingerprint density at radius 1 is 1.03 bits per heavy atom. The molecule has 0 aliphatic rings. The van der Waals surface area contributed by atoms with Crippen molar-refractivity contribution in [3.63, 3.8) is 0 Å². The van der Waals surface area contributed by atoms with Gasteiger partial charge in [-0.2, -0.15) is 0 Å². The van der Waals surface area contributed by atoms with E-state index in [1.807, 2.05) is 0 Å². The van der Waals surface area contributed by atoms with Crippen molar-refractivity contribution in [3.8, 4) is 11.1 Å². The second-order valence-corrected chi connectivity index (χ2v) is 7.39. The Morgan fingerprint density at radius 3 is 2.38 bits per heavy atom. The Morgan fingerprint density at radius 2 is 1.72 bits per heavy atom. The molecule has 2 aromatic rings. The van der Waals surface area contributed by atoms with Gasteiger partial charge in [0.05, 0.1) is 12.7 Å². The second-order valence-electron chi connectivity index (χ2n) is 6.55. The fourth-order valence-corrected chi connectivity index (χ4v) is 3.41. The number of halogens is 2. The number of esters is 1. The third-order valence-electron chi connectivity index (χ3n) is 4.69. The van der Waals surface area contributed by atoms with E-state index >= 15 is 0 Å². The summed E-state index contributed by atoms with van der Waals surface area (Å²) in [7, 11) is 1.30. The average Bonchev–Trinajstić information content (AvgIpc) is 2.74. The van der Waals surface area contributed by atoms with Crippen LogP contribution in [-0.4, -0.2) is 50.1 Å². The van der Waals surface area contributed by atoms with E-state index in [1.165, 1.54) is 13.2 Å². The molecule has 2 aromatic carbocycles. The predicted molar refractivity (Wildman–Crippen MR) is 118 cm³/mol. The number of hydrogen-bond acceptors (Lipinski definition) is 4. The van der Waals surface area contributed by atoms with E-state index in [-0.39, 0.29) is 11.5 Å². The molecule has 0 aliphatic heterocycles. The zero-order chi connectivity index (χ0) is 21.4. The number of carbonyl (C=O) groups is 2. The minimum atomic E-state index is -0.527. The van der Waals surface area contributed by atoms with Crippen LogP contribution >= 0.6 is 23.2 Å². The molecule has 5 nitrogen and oxygen atoms in total. The first kappa shape index (κ1) is 23.2. The van der Waals surface area contributed by atoms with Gasteiger partial charge < -0.3 is 15.0 Å². The zero-order valence-electron chi connectivity index (χ0n) is 16.9. The van der Waals surface area contributed by atoms with Crippen molar-refractivity contribution in [1.29, 1.82) is 0 Å². The maximum Gasteiger partial charge on any atom is 0.337 e. The summed E-state index contributed by atoms with van der Waals surface area (Å²) in [6.07, 6.45) is 0.844. The van der Waals surface area contributed by atoms with Crippen LogP contribution in [0.4, 0.5) is 0 Å². The van der Waals surface area contributed by atoms with Crippen molar-refractivity contribution < 1.29 is 14.3 Å². The lowest BCUT2D eigenvalue weighted by atomic mass is 9.99. The summed E-state index contributed by atoms with van der Waals surface area (Å²) in [4.78, 5) is 27.1. The molecule has 2 rings (SSSR count). The van der Waals surface area contributed by atoms with E-state index in [0.717, 1.165) is 26.1 Å². The first-order valence-electron chi connectivity index (χ1n) is 9.59. The smallest absolute Gasteiger partial charge is 0.337 e. The van der Waals surface area contributed by atoms with Gasteiger partial charge in [-0.05, 0) is 68.0 Å². The van der Waals surface area contributed by atoms with Gasteiger partial charge in [-0.1, -0.05) is 37.0 Å². The van der Waals surface area contributed by atoms with Crippen molar-refractivity contribution in [1.82, 2.24) is 10.2 Å². The van der Waals surface area contributed by atoms with Crippen molar-refractivity contribution in [3.05, 3.63) is 57.6 Å². The number of rotatable bonds is 9. The molecule has 0 saturated heterocycles. The molecule has 0 heterocycles. The van der Waals surface area contributed by atoms with E-state index < -0.39 is 5.97 Å². The predicted octanol–water partition coefficient (Wildman–Crippen LogP) is 4.91. The molecule has 29 heavy (non-hydrogen) atoms. The highest BCUT2D eigenvalue weighted by molar-refractivity contribution is 6.35. The molecule has 0 bridgehead atoms. The molecular formula is C22H26Cl2N2O3. The Kier molecular flexibility index (Phi) is 8.96. The van der Waals surface area contributed by atoms with Gasteiger partial charge in [0, 0.05) is 27.7 Å². The number of methoxy groups -OCH3 is 1. The molecule has 0 atom stereocenters. The molecule has 0 radical (unpaired) electrons. The summed E-state index contributed by atoms with van der Waals surface area (Å²) in [5, 5.41) is 3.90. The molecule has 1 N–H and O–H groups in total. The van der Waals surface area contributed by atoms with Crippen LogP contribution in [0.2, 0.25) is 10.0 Å². The van der Waals surface area contributed by atoms with Crippen LogP contribution in [0.5, 0.6) is 0 Å². The largest absolute Gasteiger partial charge is 0.465 e. The Bertz CT molecular complexity index is 867. The normalized spacial score (nSPS) is 10.8. The summed E-state index contributed by atoms with van der Waals surface area (Å²) in [5.41, 5.74) is 1.89. The van der Waals surface area contributed by atoms with Crippen LogP contribution in [0.1, 0.15) is 41.0 Å². The van der Waals surface area contributed by atoms with E-state index in [2.05, 4.69) is 24.1 Å². The maximum atomic E-state index is 12.7. The molecule has 0 saturated carbocycles. The minimum Gasteiger partial charge on any atom is -0.465 e. The lowest BCUT2D eigenvalue weighted by molar-refractivity contribution is 0.0600. The van der Waals surface area contributed by atoms with E-state index in [4.69, 9.17) is 27.9 Å². The lowest BCUT2D eigenvalue weighted by Gasteiger charge is -2.17. The van der Waals surface area contributed by atoms with E-state index in [9.17, 15) is 9.59 Å². The minimum absolute atomic E-state index is 0.255. The van der Waals surface area contributed by atoms with Crippen molar-refractivity contribution >= 4 is 35.1 Å². The number of amides is 1. The Labute approximate surface area is 181 Å². The molecular weight excluding hydrogens is 411 g/mol. The van der Waals surface area contributed by atoms with Crippen LogP contribution in [-0.2, 0) is 4.74 Å². The molecule has 156 valence electrons. The molecule has 1 amide bonds. The summed E-state index contributed by atoms with van der Waals surface area (Å²) in [6, 6.07) is 9.92. The third kappa shape index (κ3) is 6.46. The van der Waals surface area contributed by atoms with E-state index in [0.29, 0.717) is 33.3 Å². The third-order valence-corrected chi connectivity index (χ3v) is 5.25. The number of nitrogens with one attached hydrogen (secondary N) is 1. The zero-order valence-corrected chi connectivity index (χ0v) is 18.4. The van der Waals surface area contributed by atoms with Gasteiger partial charge in [0.1, 0.15) is 0 Å². The monoisotopic (exact) mass is 436 g/mol. The summed E-state index contributed by atoms with van der Waals surface area (Å²) < 4.78 is 4.83. The van der Waals surface area contributed by atoms with Crippen LogP contribution in [0, 0.1) is 0 Å². The van der Waals surface area contributed by atoms with Crippen LogP contribution < -0.4 is 5.32 Å². The molecule has 0 aliphatic carbocycles. The highest BCUT2D eigenvalue weighted by Gasteiger charge is 2.16. The van der Waals surface area contributed by atoms with Gasteiger partial charge in [0.25, 0.3) is 5.91 Å². The summed E-state index contributed by atoms with van der Waals surface area (Å²) in [5.74, 6) is -0.782. The van der Waals surface area contributed by atoms with Gasteiger partial charge in [0.15, 0.2) is 0 Å². The number of nitrogens with zero attached hydrogens (tertiary/aromatic N) is 1. The molecule has 0 aromatic heterocycles. The Balaban J connectivity index is 2.25. The highest BCUT2D eigenvalue weighted by Crippen LogP contribution is 2.32. The van der Waals surface area contributed by atoms with Gasteiger partial charge >= 0.3 is 5.97 Å². The van der Waals surface area contributed by atoms with E-state index in [1.54, 1.807) is 30.3 Å². The van der Waals surface area contributed by atoms with Crippen LogP contribution in [0.3, 0.4) is 0 Å². The number of benzene rings is 2. The number of hydrogen-bond donors (Lipinski definition) is 1. The fourth-order valence-electron chi connectivity index (χ4n) is 3.02. The quantitative estimate of drug-likeness (QED) is 0.448. The second kappa shape index (κ2) is 11.2. The molecule has 0 fully saturated rings. The van der Waals surface area contributed by atoms with Crippen LogP contribution in [0.25, 0.3) is 11.1 Å². The Hall–Kier alpha value is -2.08. The first-order valence-corrected chi connectivity index (χ1v) is 10.3. The highest BCUT2D eigenvalue weighted by atomic mass is 35.5. The van der Waals surface area contributed by atoms with Gasteiger partial charge in [0.2, 0.25) is 0 Å². The first-order chi connectivity index (χ1) is 13.9. The van der Waals surface area contributed by atoms with Gasteiger partial charge in [-0.15, -0.1) is 0 Å². The van der Waals surface area contributed by atoms with Crippen molar-refractivity contribution in [2.24, 2.45) is 0 Å². The number of ether oxygens (including phenoxy) is 1. The van der Waals surface area contributed by atoms with Gasteiger partial charge in [-0.3, -0.25) is 4.79 Å². The maximum absolute atomic E-state index is 12.7. The van der Waals surface area contributed by atoms with Gasteiger partial charge in [-0.25, -0.2) is 4.79 Å². The topological polar surface area (TPSA) is 58.6 Å². The average molecular weight is 437 g/mol. The SMILES string of the molecule is CCN(CC)CCCNC(=O)c1cc(C(=O)OC)cc(-c2cc(Cl)ccc2Cl)c1. The standard InChI is InChI=1S/C22H26Cl2N2O3/c1-4-26(5-2)10-6-9-25-21(27)16-11-15(12-17(13-16)22(28)29-3)19-14-18(23)7-8-20(19)24/h7-8,11-14H,4-6,9-10H2,1-3H3,(H,25,27). The number of carbonyl (C=O) groups excluding carboxylic acids is 2.